The molecule has 1 atom stereocenters. The molecule has 1 aromatic carbocycles. The molecule has 1 heterocycles. The normalized spacial score (nSPS) is 22.5. The van der Waals surface area contributed by atoms with Crippen LogP contribution in [0.1, 0.15) is 18.5 Å². The monoisotopic (exact) mass is 290 g/mol. The van der Waals surface area contributed by atoms with Crippen molar-refractivity contribution in [2.24, 2.45) is 5.73 Å². The third-order valence-corrected chi connectivity index (χ3v) is 3.44. The molecule has 0 spiro atoms. The van der Waals surface area contributed by atoms with Crippen molar-refractivity contribution >= 4 is 5.69 Å². The number of allylic oxidation sites excluding steroid dienone is 8. The first-order valence-electron chi connectivity index (χ1n) is 7.30. The van der Waals surface area contributed by atoms with Crippen LogP contribution in [-0.2, 0) is 0 Å². The predicted octanol–water partition coefficient (Wildman–Crippen LogP) is 4.78. The topological polar surface area (TPSA) is 29.3 Å². The Morgan fingerprint density at radius 2 is 1.36 bits per heavy atom. The third-order valence-electron chi connectivity index (χ3n) is 3.44. The number of hydrogen-bond donors (Lipinski definition) is 1. The van der Waals surface area contributed by atoms with Gasteiger partial charge in [-0.3, -0.25) is 0 Å². The molecular formula is C20H22N2. The van der Waals surface area contributed by atoms with Crippen molar-refractivity contribution in [2.75, 3.05) is 4.90 Å². The summed E-state index contributed by atoms with van der Waals surface area (Å²) in [6.45, 7) is 9.95. The van der Waals surface area contributed by atoms with E-state index >= 15 is 0 Å². The number of rotatable bonds is 2. The summed E-state index contributed by atoms with van der Waals surface area (Å²) in [5.41, 5.74) is 9.91. The van der Waals surface area contributed by atoms with Crippen LogP contribution in [0, 0.1) is 0 Å². The minimum Gasteiger partial charge on any atom is -0.324 e. The largest absolute Gasteiger partial charge is 0.324 e. The first-order chi connectivity index (χ1) is 10.6. The van der Waals surface area contributed by atoms with Crippen LogP contribution in [0.25, 0.3) is 0 Å². The zero-order valence-corrected chi connectivity index (χ0v) is 12.9. The maximum Gasteiger partial charge on any atom is 0.0449 e. The number of nitrogens with two attached hydrogens (primary N) is 1. The highest BCUT2D eigenvalue weighted by Gasteiger charge is 2.02. The van der Waals surface area contributed by atoms with Crippen molar-refractivity contribution in [3.63, 3.8) is 0 Å². The predicted molar refractivity (Wildman–Crippen MR) is 96.4 cm³/mol. The Morgan fingerprint density at radius 1 is 0.864 bits per heavy atom. The minimum atomic E-state index is 0.0468. The molecule has 2 N–H and O–H groups in total. The number of hydrogen-bond acceptors (Lipinski definition) is 2. The summed E-state index contributed by atoms with van der Waals surface area (Å²) >= 11 is 0. The van der Waals surface area contributed by atoms with Gasteiger partial charge in [-0.1, -0.05) is 49.6 Å². The van der Waals surface area contributed by atoms with Gasteiger partial charge in [0.2, 0.25) is 0 Å². The first kappa shape index (κ1) is 15.8. The lowest BCUT2D eigenvalue weighted by molar-refractivity contribution is 0.818. The van der Waals surface area contributed by atoms with E-state index in [1.165, 1.54) is 0 Å². The maximum absolute atomic E-state index is 5.89. The lowest BCUT2D eigenvalue weighted by Gasteiger charge is -2.16. The van der Waals surface area contributed by atoms with Crippen molar-refractivity contribution in [3.05, 3.63) is 103 Å². The molecule has 1 aliphatic rings. The number of benzene rings is 1. The first-order valence-corrected chi connectivity index (χ1v) is 7.30. The quantitative estimate of drug-likeness (QED) is 0.849. The van der Waals surface area contributed by atoms with Gasteiger partial charge in [0.1, 0.15) is 0 Å². The molecule has 0 saturated heterocycles. The van der Waals surface area contributed by atoms with Gasteiger partial charge in [-0.15, -0.1) is 0 Å². The summed E-state index contributed by atoms with van der Waals surface area (Å²) < 4.78 is 0. The fourth-order valence-electron chi connectivity index (χ4n) is 2.01. The maximum atomic E-state index is 5.89. The van der Waals surface area contributed by atoms with Crippen molar-refractivity contribution in [3.8, 4) is 0 Å². The van der Waals surface area contributed by atoms with Crippen LogP contribution in [0.5, 0.6) is 0 Å². The Balaban J connectivity index is 2.28. The lowest BCUT2D eigenvalue weighted by Crippen LogP contribution is -2.08. The highest BCUT2D eigenvalue weighted by Crippen LogP contribution is 2.19. The summed E-state index contributed by atoms with van der Waals surface area (Å²) in [5, 5.41) is 0. The third kappa shape index (κ3) is 4.21. The van der Waals surface area contributed by atoms with E-state index in [1.54, 1.807) is 0 Å². The van der Waals surface area contributed by atoms with Crippen LogP contribution in [0.3, 0.4) is 0 Å². The Morgan fingerprint density at radius 3 is 1.82 bits per heavy atom. The molecule has 0 radical (unpaired) electrons. The molecule has 1 unspecified atom stereocenters. The van der Waals surface area contributed by atoms with Gasteiger partial charge in [0, 0.05) is 24.1 Å². The molecule has 0 fully saturated rings. The molecule has 0 aliphatic carbocycles. The zero-order valence-electron chi connectivity index (χ0n) is 12.9. The average molecular weight is 290 g/mol. The molecule has 22 heavy (non-hydrogen) atoms. The van der Waals surface area contributed by atoms with Gasteiger partial charge in [-0.25, -0.2) is 0 Å². The van der Waals surface area contributed by atoms with Crippen LogP contribution in [0.15, 0.2) is 97.4 Å². The molecular weight excluding hydrogens is 268 g/mol. The van der Waals surface area contributed by atoms with E-state index in [0.717, 1.165) is 22.4 Å². The molecule has 0 amide bonds. The van der Waals surface area contributed by atoms with E-state index in [-0.39, 0.29) is 6.04 Å². The van der Waals surface area contributed by atoms with E-state index < -0.39 is 0 Å². The van der Waals surface area contributed by atoms with Gasteiger partial charge in [-0.2, -0.15) is 0 Å². The van der Waals surface area contributed by atoms with E-state index in [1.807, 2.05) is 55.8 Å². The van der Waals surface area contributed by atoms with Crippen molar-refractivity contribution in [1.29, 1.82) is 0 Å². The highest BCUT2D eigenvalue weighted by molar-refractivity contribution is 5.54. The lowest BCUT2D eigenvalue weighted by atomic mass is 10.1. The Bertz CT molecular complexity index is 621. The second-order valence-corrected chi connectivity index (χ2v) is 5.24. The van der Waals surface area contributed by atoms with Crippen LogP contribution in [-0.4, -0.2) is 0 Å². The smallest absolute Gasteiger partial charge is 0.0449 e. The highest BCUT2D eigenvalue weighted by atomic mass is 15.1. The van der Waals surface area contributed by atoms with Crippen molar-refractivity contribution in [2.45, 2.75) is 13.0 Å². The van der Waals surface area contributed by atoms with Crippen molar-refractivity contribution < 1.29 is 0 Å². The second kappa shape index (κ2) is 7.43. The molecule has 0 aromatic heterocycles. The van der Waals surface area contributed by atoms with Gasteiger partial charge >= 0.3 is 0 Å². The Kier molecular flexibility index (Phi) is 5.34. The number of nitrogens with zero attached hydrogens (tertiary/aromatic N) is 1. The van der Waals surface area contributed by atoms with E-state index in [2.05, 4.69) is 42.3 Å². The molecule has 2 heteroatoms. The Labute approximate surface area is 132 Å². The van der Waals surface area contributed by atoms with Crippen LogP contribution >= 0.6 is 0 Å². The van der Waals surface area contributed by atoms with Gasteiger partial charge in [0.15, 0.2) is 0 Å². The molecule has 2 rings (SSSR count). The van der Waals surface area contributed by atoms with E-state index in [4.69, 9.17) is 5.73 Å². The van der Waals surface area contributed by atoms with Gasteiger partial charge in [0.25, 0.3) is 0 Å². The molecule has 1 aliphatic heterocycles. The zero-order chi connectivity index (χ0) is 15.9. The van der Waals surface area contributed by atoms with E-state index in [9.17, 15) is 0 Å². The van der Waals surface area contributed by atoms with Crippen LogP contribution in [0.2, 0.25) is 0 Å². The standard InChI is InChI=1S/C20H22N2/c1-16-8-4-6-14-22(15-7-5-9-17(16)2)20-12-10-19(11-13-20)18(3)21/h4-15,18H,1-2,21H2,3H3/b8-4-,9-5-,14-6-,15-7-. The molecule has 0 bridgehead atoms. The fraction of sp³-hybridized carbons (Fsp3) is 0.100. The van der Waals surface area contributed by atoms with Gasteiger partial charge < -0.3 is 10.6 Å². The second-order valence-electron chi connectivity index (χ2n) is 5.24. The summed E-state index contributed by atoms with van der Waals surface area (Å²) in [5.74, 6) is 0. The minimum absolute atomic E-state index is 0.0468. The van der Waals surface area contributed by atoms with Crippen LogP contribution < -0.4 is 10.6 Å². The average Bonchev–Trinajstić information content (AvgIpc) is 2.55. The molecule has 112 valence electrons. The van der Waals surface area contributed by atoms with Gasteiger partial charge in [-0.05, 0) is 47.9 Å². The van der Waals surface area contributed by atoms with Gasteiger partial charge in [0.05, 0.1) is 0 Å². The summed E-state index contributed by atoms with van der Waals surface area (Å²) in [6.07, 6.45) is 15.8. The number of anilines is 1. The van der Waals surface area contributed by atoms with Crippen molar-refractivity contribution in [1.82, 2.24) is 0 Å². The molecule has 1 aromatic rings. The summed E-state index contributed by atoms with van der Waals surface area (Å²) in [7, 11) is 0. The van der Waals surface area contributed by atoms with E-state index in [0.29, 0.717) is 0 Å². The SMILES string of the molecule is C=C1/C=C\C=C/N(c2ccc(C(C)N)cc2)/C=C\C=C/C1=C. The molecule has 2 nitrogen and oxygen atoms in total. The fourth-order valence-corrected chi connectivity index (χ4v) is 2.01. The summed E-state index contributed by atoms with van der Waals surface area (Å²) in [4.78, 5) is 2.05. The molecule has 0 saturated carbocycles. The summed E-state index contributed by atoms with van der Waals surface area (Å²) in [6, 6.07) is 8.30. The Hall–Kier alpha value is -2.58. The van der Waals surface area contributed by atoms with Crippen LogP contribution in [0.4, 0.5) is 5.69 Å².